The molecule has 0 spiro atoms. The first kappa shape index (κ1) is 15.7. The van der Waals surface area contributed by atoms with Crippen LogP contribution in [-0.4, -0.2) is 61.0 Å². The second-order valence-corrected chi connectivity index (χ2v) is 8.08. The molecule has 0 bridgehead atoms. The number of nitrogens with zero attached hydrogens (tertiary/aromatic N) is 1. The maximum absolute atomic E-state index is 6.38. The van der Waals surface area contributed by atoms with Crippen molar-refractivity contribution in [2.45, 2.75) is 76.3 Å². The van der Waals surface area contributed by atoms with Crippen LogP contribution < -0.4 is 5.32 Å². The van der Waals surface area contributed by atoms with Crippen molar-refractivity contribution in [3.63, 3.8) is 0 Å². The maximum Gasteiger partial charge on any atom is 0.0790 e. The minimum Gasteiger partial charge on any atom is -0.375 e. The second kappa shape index (κ2) is 5.48. The number of rotatable bonds is 3. The quantitative estimate of drug-likeness (QED) is 0.864. The van der Waals surface area contributed by atoms with Crippen LogP contribution in [0.15, 0.2) is 0 Å². The van der Waals surface area contributed by atoms with Crippen LogP contribution in [0.25, 0.3) is 0 Å². The monoisotopic (exact) mass is 296 g/mol. The molecule has 0 aromatic heterocycles. The van der Waals surface area contributed by atoms with Gasteiger partial charge in [0.25, 0.3) is 0 Å². The largest absolute Gasteiger partial charge is 0.375 e. The lowest BCUT2D eigenvalue weighted by Gasteiger charge is -2.42. The lowest BCUT2D eigenvalue weighted by atomic mass is 9.81. The summed E-state index contributed by atoms with van der Waals surface area (Å²) in [7, 11) is 2.07. The van der Waals surface area contributed by atoms with Crippen molar-refractivity contribution in [1.29, 1.82) is 0 Å². The van der Waals surface area contributed by atoms with Gasteiger partial charge in [-0.25, -0.2) is 0 Å². The van der Waals surface area contributed by atoms with Crippen LogP contribution in [0.1, 0.15) is 47.0 Å². The number of hydrogen-bond donors (Lipinski definition) is 1. The van der Waals surface area contributed by atoms with Crippen LogP contribution in [-0.2, 0) is 9.47 Å². The number of ether oxygens (including phenoxy) is 2. The van der Waals surface area contributed by atoms with Gasteiger partial charge < -0.3 is 14.8 Å². The predicted molar refractivity (Wildman–Crippen MR) is 84.5 cm³/mol. The van der Waals surface area contributed by atoms with E-state index in [2.05, 4.69) is 45.0 Å². The highest BCUT2D eigenvalue weighted by Crippen LogP contribution is 2.43. The lowest BCUT2D eigenvalue weighted by Crippen LogP contribution is -2.55. The first-order chi connectivity index (χ1) is 9.85. The van der Waals surface area contributed by atoms with Crippen molar-refractivity contribution in [3.8, 4) is 0 Å². The lowest BCUT2D eigenvalue weighted by molar-refractivity contribution is -0.0905. The maximum atomic E-state index is 6.38. The van der Waals surface area contributed by atoms with Gasteiger partial charge in [-0.3, -0.25) is 4.90 Å². The van der Waals surface area contributed by atoms with Gasteiger partial charge in [-0.2, -0.15) is 0 Å². The summed E-state index contributed by atoms with van der Waals surface area (Å²) in [4.78, 5) is 2.68. The van der Waals surface area contributed by atoms with Gasteiger partial charge in [0, 0.05) is 31.1 Å². The molecule has 3 aliphatic rings. The Morgan fingerprint density at radius 3 is 2.62 bits per heavy atom. The predicted octanol–water partition coefficient (Wildman–Crippen LogP) is 2.03. The van der Waals surface area contributed by atoms with E-state index in [4.69, 9.17) is 9.47 Å². The normalized spacial score (nSPS) is 42.1. The van der Waals surface area contributed by atoms with E-state index in [0.29, 0.717) is 24.1 Å². The molecule has 1 saturated carbocycles. The highest BCUT2D eigenvalue weighted by molar-refractivity contribution is 5.06. The Balaban J connectivity index is 1.76. The van der Waals surface area contributed by atoms with E-state index in [0.717, 1.165) is 19.7 Å². The SMILES string of the molecule is CNC1C(CN2CCOC3CCCC32)C(C)(C)OC1(C)C. The average molecular weight is 296 g/mol. The third-order valence-electron chi connectivity index (χ3n) is 5.91. The van der Waals surface area contributed by atoms with Gasteiger partial charge in [-0.05, 0) is 54.0 Å². The molecule has 2 aliphatic heterocycles. The van der Waals surface area contributed by atoms with Gasteiger partial charge in [0.2, 0.25) is 0 Å². The zero-order chi connectivity index (χ0) is 15.3. The van der Waals surface area contributed by atoms with Crippen molar-refractivity contribution in [2.24, 2.45) is 5.92 Å². The molecule has 2 saturated heterocycles. The van der Waals surface area contributed by atoms with Crippen LogP contribution in [0.2, 0.25) is 0 Å². The fourth-order valence-corrected chi connectivity index (χ4v) is 5.06. The molecule has 4 unspecified atom stereocenters. The summed E-state index contributed by atoms with van der Waals surface area (Å²) in [6.07, 6.45) is 4.33. The summed E-state index contributed by atoms with van der Waals surface area (Å²) in [6, 6.07) is 1.03. The van der Waals surface area contributed by atoms with Crippen molar-refractivity contribution < 1.29 is 9.47 Å². The molecule has 1 N–H and O–H groups in total. The molecule has 0 aromatic rings. The Bertz CT molecular complexity index is 383. The third kappa shape index (κ3) is 2.76. The molecule has 122 valence electrons. The molecule has 1 aliphatic carbocycles. The Hall–Kier alpha value is -0.160. The number of nitrogens with one attached hydrogen (secondary N) is 1. The van der Waals surface area contributed by atoms with E-state index in [9.17, 15) is 0 Å². The molecule has 3 rings (SSSR count). The molecule has 2 heterocycles. The molecular weight excluding hydrogens is 264 g/mol. The first-order valence-electron chi connectivity index (χ1n) is 8.58. The molecule has 0 aromatic carbocycles. The van der Waals surface area contributed by atoms with Gasteiger partial charge in [-0.15, -0.1) is 0 Å². The van der Waals surface area contributed by atoms with E-state index in [-0.39, 0.29) is 11.2 Å². The highest BCUT2D eigenvalue weighted by atomic mass is 16.5. The fourth-order valence-electron chi connectivity index (χ4n) is 5.06. The van der Waals surface area contributed by atoms with Crippen molar-refractivity contribution in [1.82, 2.24) is 10.2 Å². The van der Waals surface area contributed by atoms with E-state index >= 15 is 0 Å². The first-order valence-corrected chi connectivity index (χ1v) is 8.58. The van der Waals surface area contributed by atoms with Gasteiger partial charge in [0.1, 0.15) is 0 Å². The molecule has 4 nitrogen and oxygen atoms in total. The van der Waals surface area contributed by atoms with E-state index in [1.807, 2.05) is 0 Å². The molecule has 3 fully saturated rings. The van der Waals surface area contributed by atoms with E-state index in [1.54, 1.807) is 0 Å². The molecular formula is C17H32N2O2. The van der Waals surface area contributed by atoms with Crippen molar-refractivity contribution in [2.75, 3.05) is 26.7 Å². The number of fused-ring (bicyclic) bond motifs is 1. The summed E-state index contributed by atoms with van der Waals surface area (Å²) in [5.41, 5.74) is -0.187. The number of morpholine rings is 1. The summed E-state index contributed by atoms with van der Waals surface area (Å²) >= 11 is 0. The van der Waals surface area contributed by atoms with Crippen LogP contribution in [0, 0.1) is 5.92 Å². The summed E-state index contributed by atoms with van der Waals surface area (Å²) in [5, 5.41) is 3.53. The molecule has 0 amide bonds. The summed E-state index contributed by atoms with van der Waals surface area (Å²) in [6.45, 7) is 12.0. The van der Waals surface area contributed by atoms with Gasteiger partial charge in [0.05, 0.1) is 23.9 Å². The Labute approximate surface area is 129 Å². The van der Waals surface area contributed by atoms with Crippen LogP contribution in [0.3, 0.4) is 0 Å². The molecule has 4 heteroatoms. The Morgan fingerprint density at radius 1 is 1.14 bits per heavy atom. The minimum absolute atomic E-state index is 0.0798. The Morgan fingerprint density at radius 2 is 1.90 bits per heavy atom. The zero-order valence-electron chi connectivity index (χ0n) is 14.3. The van der Waals surface area contributed by atoms with Gasteiger partial charge in [0.15, 0.2) is 0 Å². The molecule has 21 heavy (non-hydrogen) atoms. The standard InChI is InChI=1S/C17H32N2O2/c1-16(2)12(15(18-5)17(3,4)21-16)11-19-9-10-20-14-8-6-7-13(14)19/h12-15,18H,6-11H2,1-5H3. The van der Waals surface area contributed by atoms with Gasteiger partial charge in [-0.1, -0.05) is 0 Å². The van der Waals surface area contributed by atoms with E-state index < -0.39 is 0 Å². The molecule has 0 radical (unpaired) electrons. The van der Waals surface area contributed by atoms with Crippen molar-refractivity contribution >= 4 is 0 Å². The van der Waals surface area contributed by atoms with Gasteiger partial charge >= 0.3 is 0 Å². The number of likely N-dealkylation sites (N-methyl/N-ethyl adjacent to an activating group) is 1. The van der Waals surface area contributed by atoms with Crippen LogP contribution in [0.5, 0.6) is 0 Å². The third-order valence-corrected chi connectivity index (χ3v) is 5.91. The minimum atomic E-state index is -0.107. The fraction of sp³-hybridized carbons (Fsp3) is 1.00. The highest BCUT2D eigenvalue weighted by Gasteiger charge is 2.54. The number of hydrogen-bond acceptors (Lipinski definition) is 4. The van der Waals surface area contributed by atoms with Crippen LogP contribution >= 0.6 is 0 Å². The molecule has 4 atom stereocenters. The second-order valence-electron chi connectivity index (χ2n) is 8.08. The smallest absolute Gasteiger partial charge is 0.0790 e. The van der Waals surface area contributed by atoms with E-state index in [1.165, 1.54) is 19.3 Å². The zero-order valence-corrected chi connectivity index (χ0v) is 14.3. The van der Waals surface area contributed by atoms with Crippen LogP contribution in [0.4, 0.5) is 0 Å². The summed E-state index contributed by atoms with van der Waals surface area (Å²) < 4.78 is 12.3. The topological polar surface area (TPSA) is 33.7 Å². The van der Waals surface area contributed by atoms with Crippen molar-refractivity contribution in [3.05, 3.63) is 0 Å². The summed E-state index contributed by atoms with van der Waals surface area (Å²) in [5.74, 6) is 0.511. The Kier molecular flexibility index (Phi) is 4.11. The average Bonchev–Trinajstić information content (AvgIpc) is 2.91.